The minimum Gasteiger partial charge on any atom is -0.0786 e. The SMILES string of the molecule is CCCCCCC1C[C@]1(I)CCCC. The summed E-state index contributed by atoms with van der Waals surface area (Å²) in [7, 11) is 0. The maximum Gasteiger partial charge on any atom is 0.0254 e. The molecule has 0 aromatic carbocycles. The largest absolute Gasteiger partial charge is 0.0786 e. The van der Waals surface area contributed by atoms with Gasteiger partial charge in [0, 0.05) is 3.42 Å². The summed E-state index contributed by atoms with van der Waals surface area (Å²) in [4.78, 5) is 0. The third-order valence-corrected chi connectivity index (χ3v) is 5.37. The van der Waals surface area contributed by atoms with Crippen LogP contribution < -0.4 is 0 Å². The van der Waals surface area contributed by atoms with E-state index in [0.717, 1.165) is 9.34 Å². The lowest BCUT2D eigenvalue weighted by molar-refractivity contribution is 0.566. The molecule has 84 valence electrons. The lowest BCUT2D eigenvalue weighted by Crippen LogP contribution is -2.01. The predicted molar refractivity (Wildman–Crippen MR) is 73.1 cm³/mol. The fourth-order valence-electron chi connectivity index (χ4n) is 2.31. The molecule has 0 aromatic rings. The fraction of sp³-hybridized carbons (Fsp3) is 1.00. The molecule has 1 heteroatoms. The van der Waals surface area contributed by atoms with Gasteiger partial charge in [-0.2, -0.15) is 0 Å². The van der Waals surface area contributed by atoms with Gasteiger partial charge in [-0.1, -0.05) is 75.0 Å². The van der Waals surface area contributed by atoms with Crippen molar-refractivity contribution in [2.24, 2.45) is 5.92 Å². The first kappa shape index (κ1) is 12.8. The number of unbranched alkanes of at least 4 members (excludes halogenated alkanes) is 4. The monoisotopic (exact) mass is 308 g/mol. The van der Waals surface area contributed by atoms with Crippen LogP contribution in [-0.2, 0) is 0 Å². The van der Waals surface area contributed by atoms with Gasteiger partial charge in [-0.25, -0.2) is 0 Å². The van der Waals surface area contributed by atoms with Crippen molar-refractivity contribution in [3.8, 4) is 0 Å². The van der Waals surface area contributed by atoms with Crippen molar-refractivity contribution in [2.75, 3.05) is 0 Å². The van der Waals surface area contributed by atoms with Crippen LogP contribution in [0.2, 0.25) is 0 Å². The zero-order chi connectivity index (χ0) is 10.4. The average Bonchev–Trinajstić information content (AvgIpc) is 2.82. The first-order valence-corrected chi connectivity index (χ1v) is 7.49. The van der Waals surface area contributed by atoms with Crippen LogP contribution in [0.1, 0.15) is 71.6 Å². The molecule has 1 rings (SSSR count). The summed E-state index contributed by atoms with van der Waals surface area (Å²) in [5.41, 5.74) is 0. The Labute approximate surface area is 103 Å². The number of hydrogen-bond donors (Lipinski definition) is 0. The maximum absolute atomic E-state index is 2.73. The summed E-state index contributed by atoms with van der Waals surface area (Å²) in [6.45, 7) is 4.60. The van der Waals surface area contributed by atoms with Gasteiger partial charge in [0.05, 0.1) is 0 Å². The van der Waals surface area contributed by atoms with E-state index in [1.807, 2.05) is 0 Å². The van der Waals surface area contributed by atoms with Crippen LogP contribution in [0.25, 0.3) is 0 Å². The van der Waals surface area contributed by atoms with Crippen molar-refractivity contribution in [2.45, 2.75) is 75.1 Å². The lowest BCUT2D eigenvalue weighted by atomic mass is 10.1. The quantitative estimate of drug-likeness (QED) is 0.322. The molecule has 0 bridgehead atoms. The third-order valence-electron chi connectivity index (χ3n) is 3.51. The van der Waals surface area contributed by atoms with E-state index in [9.17, 15) is 0 Å². The van der Waals surface area contributed by atoms with Crippen molar-refractivity contribution < 1.29 is 0 Å². The number of rotatable bonds is 8. The van der Waals surface area contributed by atoms with Gasteiger partial charge in [-0.05, 0) is 25.2 Å². The molecule has 0 nitrogen and oxygen atoms in total. The van der Waals surface area contributed by atoms with E-state index >= 15 is 0 Å². The Kier molecular flexibility index (Phi) is 5.80. The smallest absolute Gasteiger partial charge is 0.0254 e. The number of halogens is 1. The summed E-state index contributed by atoms with van der Waals surface area (Å²) in [5.74, 6) is 1.08. The molecule has 1 saturated carbocycles. The topological polar surface area (TPSA) is 0 Å². The van der Waals surface area contributed by atoms with Crippen LogP contribution in [0.15, 0.2) is 0 Å². The van der Waals surface area contributed by atoms with E-state index in [0.29, 0.717) is 0 Å². The molecule has 2 atom stereocenters. The van der Waals surface area contributed by atoms with E-state index < -0.39 is 0 Å². The van der Waals surface area contributed by atoms with Gasteiger partial charge in [0.2, 0.25) is 0 Å². The molecule has 1 unspecified atom stereocenters. The summed E-state index contributed by atoms with van der Waals surface area (Å²) < 4.78 is 0.736. The van der Waals surface area contributed by atoms with Crippen LogP contribution in [-0.4, -0.2) is 3.42 Å². The lowest BCUT2D eigenvalue weighted by Gasteiger charge is -2.08. The molecule has 1 fully saturated rings. The van der Waals surface area contributed by atoms with E-state index in [4.69, 9.17) is 0 Å². The highest BCUT2D eigenvalue weighted by Gasteiger charge is 2.50. The summed E-state index contributed by atoms with van der Waals surface area (Å²) in [5, 5.41) is 0. The van der Waals surface area contributed by atoms with Gasteiger partial charge in [0.25, 0.3) is 0 Å². The van der Waals surface area contributed by atoms with Crippen molar-refractivity contribution >= 4 is 22.6 Å². The number of alkyl halides is 1. The van der Waals surface area contributed by atoms with Gasteiger partial charge in [0.15, 0.2) is 0 Å². The molecule has 0 N–H and O–H groups in total. The van der Waals surface area contributed by atoms with Gasteiger partial charge in [0.1, 0.15) is 0 Å². The Morgan fingerprint density at radius 3 is 2.43 bits per heavy atom. The predicted octanol–water partition coefficient (Wildman–Crippen LogP) is 5.34. The Hall–Kier alpha value is 0.730. The summed E-state index contributed by atoms with van der Waals surface area (Å²) in [6.07, 6.45) is 13.1. The van der Waals surface area contributed by atoms with E-state index in [-0.39, 0.29) is 0 Å². The molecule has 1 aliphatic carbocycles. The summed E-state index contributed by atoms with van der Waals surface area (Å²) >= 11 is 2.73. The maximum atomic E-state index is 2.73. The molecule has 14 heavy (non-hydrogen) atoms. The van der Waals surface area contributed by atoms with Crippen molar-refractivity contribution in [1.29, 1.82) is 0 Å². The van der Waals surface area contributed by atoms with Gasteiger partial charge >= 0.3 is 0 Å². The van der Waals surface area contributed by atoms with Crippen molar-refractivity contribution in [1.82, 2.24) is 0 Å². The van der Waals surface area contributed by atoms with Crippen LogP contribution in [0.3, 0.4) is 0 Å². The zero-order valence-electron chi connectivity index (χ0n) is 9.82. The molecule has 0 radical (unpaired) electrons. The van der Waals surface area contributed by atoms with Crippen LogP contribution in [0.4, 0.5) is 0 Å². The van der Waals surface area contributed by atoms with E-state index in [2.05, 4.69) is 36.4 Å². The Morgan fingerprint density at radius 1 is 1.07 bits per heavy atom. The summed E-state index contributed by atoms with van der Waals surface area (Å²) in [6, 6.07) is 0. The molecule has 0 aliphatic heterocycles. The first-order valence-electron chi connectivity index (χ1n) is 6.42. The van der Waals surface area contributed by atoms with Gasteiger partial charge < -0.3 is 0 Å². The Morgan fingerprint density at radius 2 is 1.79 bits per heavy atom. The molecular formula is C13H25I. The molecule has 1 aliphatic rings. The number of hydrogen-bond acceptors (Lipinski definition) is 0. The van der Waals surface area contributed by atoms with Gasteiger partial charge in [-0.15, -0.1) is 0 Å². The van der Waals surface area contributed by atoms with E-state index in [1.165, 1.54) is 57.8 Å². The van der Waals surface area contributed by atoms with Crippen molar-refractivity contribution in [3.63, 3.8) is 0 Å². The van der Waals surface area contributed by atoms with Crippen molar-refractivity contribution in [3.05, 3.63) is 0 Å². The Bertz CT molecular complexity index is 155. The van der Waals surface area contributed by atoms with Gasteiger partial charge in [-0.3, -0.25) is 0 Å². The minimum atomic E-state index is 0.736. The highest BCUT2D eigenvalue weighted by atomic mass is 127. The molecule has 0 aromatic heterocycles. The second-order valence-electron chi connectivity index (χ2n) is 4.89. The van der Waals surface area contributed by atoms with Crippen LogP contribution in [0, 0.1) is 5.92 Å². The zero-order valence-corrected chi connectivity index (χ0v) is 12.0. The normalized spacial score (nSPS) is 30.6. The third kappa shape index (κ3) is 4.08. The minimum absolute atomic E-state index is 0.736. The molecule has 0 heterocycles. The second kappa shape index (κ2) is 6.34. The first-order chi connectivity index (χ1) is 6.73. The fourth-order valence-corrected chi connectivity index (χ4v) is 3.53. The Balaban J connectivity index is 2.00. The highest BCUT2D eigenvalue weighted by molar-refractivity contribution is 14.1. The molecular weight excluding hydrogens is 283 g/mol. The standard InChI is InChI=1S/C13H25I/c1-3-5-7-8-9-12-11-13(12,14)10-6-4-2/h12H,3-11H2,1-2H3/t12?,13-/m1/s1. The van der Waals surface area contributed by atoms with Crippen LogP contribution in [0.5, 0.6) is 0 Å². The van der Waals surface area contributed by atoms with Crippen LogP contribution >= 0.6 is 22.6 Å². The molecule has 0 saturated heterocycles. The molecule has 0 spiro atoms. The highest BCUT2D eigenvalue weighted by Crippen LogP contribution is 2.57. The molecule has 0 amide bonds. The average molecular weight is 308 g/mol. The second-order valence-corrected chi connectivity index (χ2v) is 7.04. The van der Waals surface area contributed by atoms with E-state index in [1.54, 1.807) is 0 Å².